The Balaban J connectivity index is 1.63. The van der Waals surface area contributed by atoms with Gasteiger partial charge in [-0.2, -0.15) is 4.31 Å². The van der Waals surface area contributed by atoms with Crippen LogP contribution in [0.25, 0.3) is 0 Å². The molecule has 0 amide bonds. The van der Waals surface area contributed by atoms with Crippen LogP contribution in [0.15, 0.2) is 41.6 Å². The van der Waals surface area contributed by atoms with Crippen molar-refractivity contribution in [2.45, 2.75) is 30.7 Å². The number of nitrogens with one attached hydrogen (secondary N) is 1. The molecule has 0 spiro atoms. The lowest BCUT2D eigenvalue weighted by molar-refractivity contribution is 0.0690. The molecule has 3 rings (SSSR count). The zero-order valence-corrected chi connectivity index (χ0v) is 14.9. The van der Waals surface area contributed by atoms with Crippen LogP contribution in [0.3, 0.4) is 0 Å². The molecule has 138 valence electrons. The number of carboxylic acids is 1. The van der Waals surface area contributed by atoms with Crippen LogP contribution in [0.1, 0.15) is 35.3 Å². The van der Waals surface area contributed by atoms with E-state index < -0.39 is 16.0 Å². The molecule has 1 fully saturated rings. The van der Waals surface area contributed by atoms with Crippen molar-refractivity contribution < 1.29 is 18.3 Å². The Morgan fingerprint density at radius 2 is 1.77 bits per heavy atom. The van der Waals surface area contributed by atoms with Crippen molar-refractivity contribution in [1.82, 2.24) is 14.3 Å². The number of nitrogens with zero attached hydrogens (tertiary/aromatic N) is 3. The lowest BCUT2D eigenvalue weighted by atomic mass is 10.2. The van der Waals surface area contributed by atoms with Crippen LogP contribution in [-0.2, 0) is 16.6 Å². The first-order valence-electron chi connectivity index (χ1n) is 8.35. The quantitative estimate of drug-likeness (QED) is 0.792. The molecule has 2 aromatic rings. The van der Waals surface area contributed by atoms with Crippen LogP contribution in [0.4, 0.5) is 5.82 Å². The monoisotopic (exact) mass is 376 g/mol. The fourth-order valence-corrected chi connectivity index (χ4v) is 4.27. The van der Waals surface area contributed by atoms with Crippen LogP contribution in [0, 0.1) is 0 Å². The first-order chi connectivity index (χ1) is 12.5. The van der Waals surface area contributed by atoms with E-state index >= 15 is 0 Å². The number of carbonyl (C=O) groups is 1. The third-order valence-corrected chi connectivity index (χ3v) is 6.13. The molecule has 2 heterocycles. The summed E-state index contributed by atoms with van der Waals surface area (Å²) in [6.07, 6.45) is 5.41. The maximum atomic E-state index is 12.6. The second-order valence-corrected chi connectivity index (χ2v) is 7.99. The number of piperidine rings is 1. The molecule has 0 radical (unpaired) electrons. The second-order valence-electron chi connectivity index (χ2n) is 6.05. The van der Waals surface area contributed by atoms with Gasteiger partial charge in [-0.15, -0.1) is 0 Å². The van der Waals surface area contributed by atoms with Crippen LogP contribution < -0.4 is 5.32 Å². The predicted molar refractivity (Wildman–Crippen MR) is 95.4 cm³/mol. The van der Waals surface area contributed by atoms with Gasteiger partial charge in [0.2, 0.25) is 10.0 Å². The summed E-state index contributed by atoms with van der Waals surface area (Å²) in [6.45, 7) is 1.58. The summed E-state index contributed by atoms with van der Waals surface area (Å²) in [5, 5.41) is 11.8. The lowest BCUT2D eigenvalue weighted by Gasteiger charge is -2.25. The van der Waals surface area contributed by atoms with Crippen LogP contribution >= 0.6 is 0 Å². The van der Waals surface area contributed by atoms with Crippen molar-refractivity contribution in [1.29, 1.82) is 0 Å². The molecule has 1 aliphatic heterocycles. The Morgan fingerprint density at radius 3 is 2.35 bits per heavy atom. The van der Waals surface area contributed by atoms with E-state index in [0.717, 1.165) is 24.8 Å². The van der Waals surface area contributed by atoms with E-state index in [4.69, 9.17) is 5.11 Å². The molecule has 1 saturated heterocycles. The third kappa shape index (κ3) is 4.17. The first-order valence-corrected chi connectivity index (χ1v) is 9.79. The summed E-state index contributed by atoms with van der Waals surface area (Å²) in [5.41, 5.74) is 0.759. The van der Waals surface area contributed by atoms with E-state index in [-0.39, 0.29) is 5.69 Å². The Morgan fingerprint density at radius 1 is 1.08 bits per heavy atom. The molecule has 0 atom stereocenters. The van der Waals surface area contributed by atoms with E-state index in [1.54, 1.807) is 28.6 Å². The molecule has 0 saturated carbocycles. The van der Waals surface area contributed by atoms with Gasteiger partial charge in [0.15, 0.2) is 5.69 Å². The van der Waals surface area contributed by atoms with E-state index in [1.165, 1.54) is 12.4 Å². The van der Waals surface area contributed by atoms with E-state index in [0.29, 0.717) is 30.3 Å². The van der Waals surface area contributed by atoms with Crippen LogP contribution in [0.2, 0.25) is 0 Å². The fraction of sp³-hybridized carbons (Fsp3) is 0.353. The average molecular weight is 376 g/mol. The van der Waals surface area contributed by atoms with Crippen molar-refractivity contribution in [2.75, 3.05) is 18.4 Å². The summed E-state index contributed by atoms with van der Waals surface area (Å²) in [4.78, 5) is 18.8. The molecule has 9 heteroatoms. The minimum atomic E-state index is -3.42. The first kappa shape index (κ1) is 18.3. The number of aromatic nitrogens is 2. The van der Waals surface area contributed by atoms with Gasteiger partial charge in [-0.3, -0.25) is 0 Å². The van der Waals surface area contributed by atoms with Gasteiger partial charge in [0.25, 0.3) is 0 Å². The molecular weight excluding hydrogens is 356 g/mol. The summed E-state index contributed by atoms with van der Waals surface area (Å²) < 4.78 is 26.8. The molecule has 1 aromatic heterocycles. The van der Waals surface area contributed by atoms with Crippen molar-refractivity contribution in [3.63, 3.8) is 0 Å². The highest BCUT2D eigenvalue weighted by atomic mass is 32.2. The minimum Gasteiger partial charge on any atom is -0.476 e. The largest absolute Gasteiger partial charge is 0.476 e. The zero-order valence-electron chi connectivity index (χ0n) is 14.1. The molecule has 1 aliphatic rings. The van der Waals surface area contributed by atoms with Gasteiger partial charge in [0.1, 0.15) is 5.82 Å². The molecule has 26 heavy (non-hydrogen) atoms. The molecular formula is C17H20N4O4S. The van der Waals surface area contributed by atoms with Crippen molar-refractivity contribution in [2.24, 2.45) is 0 Å². The van der Waals surface area contributed by atoms with Gasteiger partial charge < -0.3 is 10.4 Å². The predicted octanol–water partition coefficient (Wildman–Crippen LogP) is 1.96. The number of hydrogen-bond acceptors (Lipinski definition) is 6. The van der Waals surface area contributed by atoms with Gasteiger partial charge in [0.05, 0.1) is 17.3 Å². The minimum absolute atomic E-state index is 0.122. The van der Waals surface area contributed by atoms with Crippen molar-refractivity contribution >= 4 is 21.8 Å². The highest BCUT2D eigenvalue weighted by molar-refractivity contribution is 7.89. The second kappa shape index (κ2) is 7.79. The molecule has 1 aromatic carbocycles. The van der Waals surface area contributed by atoms with E-state index in [1.807, 2.05) is 0 Å². The van der Waals surface area contributed by atoms with E-state index in [2.05, 4.69) is 15.3 Å². The fourth-order valence-electron chi connectivity index (χ4n) is 2.76. The highest BCUT2D eigenvalue weighted by Gasteiger charge is 2.25. The van der Waals surface area contributed by atoms with Gasteiger partial charge in [-0.05, 0) is 30.5 Å². The maximum absolute atomic E-state index is 12.6. The Bertz CT molecular complexity index is 861. The van der Waals surface area contributed by atoms with Gasteiger partial charge >= 0.3 is 5.97 Å². The van der Waals surface area contributed by atoms with Crippen LogP contribution in [0.5, 0.6) is 0 Å². The van der Waals surface area contributed by atoms with Crippen LogP contribution in [-0.4, -0.2) is 46.9 Å². The number of carboxylic acid groups (broad SMARTS) is 1. The summed E-state index contributed by atoms with van der Waals surface area (Å²) >= 11 is 0. The van der Waals surface area contributed by atoms with E-state index in [9.17, 15) is 13.2 Å². The Labute approximate surface area is 152 Å². The number of anilines is 1. The van der Waals surface area contributed by atoms with Gasteiger partial charge in [-0.25, -0.2) is 23.2 Å². The van der Waals surface area contributed by atoms with Gasteiger partial charge in [0, 0.05) is 19.6 Å². The third-order valence-electron chi connectivity index (χ3n) is 4.22. The normalized spacial score (nSPS) is 15.5. The number of sulfonamides is 1. The molecule has 0 unspecified atom stereocenters. The summed E-state index contributed by atoms with van der Waals surface area (Å²) in [5.74, 6) is -0.686. The lowest BCUT2D eigenvalue weighted by Crippen LogP contribution is -2.35. The maximum Gasteiger partial charge on any atom is 0.356 e. The number of benzene rings is 1. The molecule has 8 nitrogen and oxygen atoms in total. The number of rotatable bonds is 6. The number of hydrogen-bond donors (Lipinski definition) is 2. The number of aromatic carboxylic acids is 1. The smallest absolute Gasteiger partial charge is 0.356 e. The molecule has 2 N–H and O–H groups in total. The highest BCUT2D eigenvalue weighted by Crippen LogP contribution is 2.21. The summed E-state index contributed by atoms with van der Waals surface area (Å²) in [7, 11) is -3.42. The standard InChI is InChI=1S/C17H20N4O4S/c22-17(23)15-11-20-16(12-18-15)19-10-13-4-6-14(7-5-13)26(24,25)21-8-2-1-3-9-21/h4-7,11-12H,1-3,8-10H2,(H,19,20)(H,22,23). The molecule has 0 bridgehead atoms. The Kier molecular flexibility index (Phi) is 5.48. The van der Waals surface area contributed by atoms with Crippen molar-refractivity contribution in [3.8, 4) is 0 Å². The summed E-state index contributed by atoms with van der Waals surface area (Å²) in [6, 6.07) is 6.73. The SMILES string of the molecule is O=C(O)c1cnc(NCc2ccc(S(=O)(=O)N3CCCCC3)cc2)cn1. The van der Waals surface area contributed by atoms with Gasteiger partial charge in [-0.1, -0.05) is 18.6 Å². The van der Waals surface area contributed by atoms with Crippen molar-refractivity contribution in [3.05, 3.63) is 47.9 Å². The Hall–Kier alpha value is -2.52. The average Bonchev–Trinajstić information content (AvgIpc) is 2.67. The topological polar surface area (TPSA) is 112 Å². The zero-order chi connectivity index (χ0) is 18.6. The molecule has 0 aliphatic carbocycles.